The van der Waals surface area contributed by atoms with Crippen molar-refractivity contribution in [3.63, 3.8) is 0 Å². The Morgan fingerprint density at radius 3 is 2.81 bits per heavy atom. The molecule has 3 rings (SSSR count). The SMILES string of the molecule is CN=C(NCC(C)Oc1ccccc1)N1CCC(C)C(n2ccnc2)C1.I. The predicted molar refractivity (Wildman–Crippen MR) is 120 cm³/mol. The molecule has 0 amide bonds. The molecule has 0 aliphatic carbocycles. The summed E-state index contributed by atoms with van der Waals surface area (Å²) in [7, 11) is 1.84. The van der Waals surface area contributed by atoms with Crippen molar-refractivity contribution in [2.75, 3.05) is 26.7 Å². The predicted octanol–water partition coefficient (Wildman–Crippen LogP) is 3.43. The fourth-order valence-electron chi connectivity index (χ4n) is 3.44. The number of nitrogens with one attached hydrogen (secondary N) is 1. The molecule has 7 heteroatoms. The molecule has 1 fully saturated rings. The lowest BCUT2D eigenvalue weighted by Crippen LogP contribution is -2.50. The number of guanidine groups is 1. The highest BCUT2D eigenvalue weighted by molar-refractivity contribution is 14.0. The van der Waals surface area contributed by atoms with Gasteiger partial charge < -0.3 is 19.5 Å². The summed E-state index contributed by atoms with van der Waals surface area (Å²) in [6.45, 7) is 7.04. The molecule has 1 aromatic heterocycles. The van der Waals surface area contributed by atoms with Gasteiger partial charge in [-0.25, -0.2) is 4.98 Å². The minimum absolute atomic E-state index is 0. The van der Waals surface area contributed by atoms with Crippen molar-refractivity contribution < 1.29 is 4.74 Å². The van der Waals surface area contributed by atoms with E-state index in [-0.39, 0.29) is 30.1 Å². The topological polar surface area (TPSA) is 54.7 Å². The molecule has 6 nitrogen and oxygen atoms in total. The molecule has 3 atom stereocenters. The molecule has 1 aromatic carbocycles. The summed E-state index contributed by atoms with van der Waals surface area (Å²) in [4.78, 5) is 11.0. The number of para-hydroxylation sites is 1. The van der Waals surface area contributed by atoms with Crippen molar-refractivity contribution in [2.45, 2.75) is 32.4 Å². The van der Waals surface area contributed by atoms with Crippen molar-refractivity contribution in [1.29, 1.82) is 0 Å². The summed E-state index contributed by atoms with van der Waals surface area (Å²) in [5.74, 6) is 2.45. The quantitative estimate of drug-likeness (QED) is 0.403. The van der Waals surface area contributed by atoms with Crippen LogP contribution < -0.4 is 10.1 Å². The maximum absolute atomic E-state index is 5.95. The van der Waals surface area contributed by atoms with Gasteiger partial charge in [-0.05, 0) is 31.4 Å². The average molecular weight is 483 g/mol. The first-order chi connectivity index (χ1) is 12.7. The van der Waals surface area contributed by atoms with E-state index in [9.17, 15) is 0 Å². The lowest BCUT2D eigenvalue weighted by atomic mass is 9.93. The third kappa shape index (κ3) is 5.85. The van der Waals surface area contributed by atoms with Crippen molar-refractivity contribution in [3.05, 3.63) is 49.1 Å². The van der Waals surface area contributed by atoms with Gasteiger partial charge in [0, 0.05) is 32.5 Å². The number of rotatable bonds is 5. The number of halogens is 1. The van der Waals surface area contributed by atoms with Gasteiger partial charge in [0.25, 0.3) is 0 Å². The minimum Gasteiger partial charge on any atom is -0.489 e. The molecule has 3 unspecified atom stereocenters. The van der Waals surface area contributed by atoms with Crippen molar-refractivity contribution in [3.8, 4) is 5.75 Å². The van der Waals surface area contributed by atoms with Crippen LogP contribution >= 0.6 is 24.0 Å². The van der Waals surface area contributed by atoms with E-state index in [1.54, 1.807) is 0 Å². The van der Waals surface area contributed by atoms with Crippen molar-refractivity contribution in [1.82, 2.24) is 19.8 Å². The monoisotopic (exact) mass is 483 g/mol. The standard InChI is InChI=1S/C20H29N5O.HI/c1-16-9-11-24(14-19(16)25-12-10-22-15-25)20(21-3)23-13-17(2)26-18-7-5-4-6-8-18;/h4-8,10,12,15-17,19H,9,11,13-14H2,1-3H3,(H,21,23);1H. The number of piperidine rings is 1. The second-order valence-corrected chi connectivity index (χ2v) is 6.96. The molecule has 1 N–H and O–H groups in total. The fourth-order valence-corrected chi connectivity index (χ4v) is 3.44. The number of nitrogens with zero attached hydrogens (tertiary/aromatic N) is 4. The van der Waals surface area contributed by atoms with Gasteiger partial charge in [0.05, 0.1) is 18.9 Å². The number of aromatic nitrogens is 2. The van der Waals surface area contributed by atoms with Gasteiger partial charge in [-0.15, -0.1) is 24.0 Å². The Balaban J connectivity index is 0.00000261. The highest BCUT2D eigenvalue weighted by Gasteiger charge is 2.28. The molecule has 148 valence electrons. The van der Waals surface area contributed by atoms with Gasteiger partial charge in [0.1, 0.15) is 11.9 Å². The number of likely N-dealkylation sites (tertiary alicyclic amines) is 1. The Bertz CT molecular complexity index is 692. The summed E-state index contributed by atoms with van der Waals surface area (Å²) in [6.07, 6.45) is 7.01. The summed E-state index contributed by atoms with van der Waals surface area (Å²) in [5, 5.41) is 3.47. The van der Waals surface area contributed by atoms with E-state index in [0.29, 0.717) is 18.5 Å². The molecule has 1 aliphatic rings. The van der Waals surface area contributed by atoms with Crippen LogP contribution in [0.5, 0.6) is 5.75 Å². The van der Waals surface area contributed by atoms with E-state index < -0.39 is 0 Å². The lowest BCUT2D eigenvalue weighted by Gasteiger charge is -2.39. The second kappa shape index (κ2) is 10.5. The smallest absolute Gasteiger partial charge is 0.193 e. The van der Waals surface area contributed by atoms with Crippen LogP contribution in [-0.4, -0.2) is 53.2 Å². The third-order valence-electron chi connectivity index (χ3n) is 4.97. The third-order valence-corrected chi connectivity index (χ3v) is 4.97. The van der Waals surface area contributed by atoms with E-state index in [4.69, 9.17) is 4.74 Å². The summed E-state index contributed by atoms with van der Waals surface area (Å²) in [5.41, 5.74) is 0. The summed E-state index contributed by atoms with van der Waals surface area (Å²) < 4.78 is 8.16. The molecule has 1 saturated heterocycles. The van der Waals surface area contributed by atoms with Crippen LogP contribution in [0, 0.1) is 5.92 Å². The molecule has 2 heterocycles. The van der Waals surface area contributed by atoms with Gasteiger partial charge in [-0.1, -0.05) is 25.1 Å². The maximum Gasteiger partial charge on any atom is 0.193 e. The normalized spacial score (nSPS) is 21.3. The lowest BCUT2D eigenvalue weighted by molar-refractivity contribution is 0.184. The number of hydrogen-bond acceptors (Lipinski definition) is 3. The largest absolute Gasteiger partial charge is 0.489 e. The molecule has 1 aliphatic heterocycles. The number of hydrogen-bond donors (Lipinski definition) is 1. The molecule has 0 spiro atoms. The fraction of sp³-hybridized carbons (Fsp3) is 0.500. The first-order valence-electron chi connectivity index (χ1n) is 9.32. The molecule has 0 saturated carbocycles. The minimum atomic E-state index is 0. The van der Waals surface area contributed by atoms with E-state index in [0.717, 1.165) is 31.2 Å². The summed E-state index contributed by atoms with van der Waals surface area (Å²) >= 11 is 0. The molecule has 0 bridgehead atoms. The summed E-state index contributed by atoms with van der Waals surface area (Å²) in [6, 6.07) is 10.3. The Kier molecular flexibility index (Phi) is 8.40. The van der Waals surface area contributed by atoms with Crippen LogP contribution in [0.15, 0.2) is 54.0 Å². The Labute approximate surface area is 179 Å². The zero-order valence-corrected chi connectivity index (χ0v) is 18.6. The van der Waals surface area contributed by atoms with Crippen LogP contribution in [0.3, 0.4) is 0 Å². The van der Waals surface area contributed by atoms with Gasteiger partial charge >= 0.3 is 0 Å². The van der Waals surface area contributed by atoms with Crippen molar-refractivity contribution >= 4 is 29.9 Å². The molecule has 27 heavy (non-hydrogen) atoms. The molecule has 2 aromatic rings. The van der Waals surface area contributed by atoms with E-state index >= 15 is 0 Å². The number of imidazole rings is 1. The average Bonchev–Trinajstić information content (AvgIpc) is 3.18. The zero-order chi connectivity index (χ0) is 18.4. The van der Waals surface area contributed by atoms with Gasteiger partial charge in [0.15, 0.2) is 5.96 Å². The number of benzene rings is 1. The second-order valence-electron chi connectivity index (χ2n) is 6.96. The van der Waals surface area contributed by atoms with Crippen LogP contribution in [0.2, 0.25) is 0 Å². The van der Waals surface area contributed by atoms with Crippen molar-refractivity contribution in [2.24, 2.45) is 10.9 Å². The van der Waals surface area contributed by atoms with Crippen LogP contribution in [0.25, 0.3) is 0 Å². The number of ether oxygens (including phenoxy) is 1. The van der Waals surface area contributed by atoms with Gasteiger partial charge in [-0.3, -0.25) is 4.99 Å². The Hall–Kier alpha value is -1.77. The van der Waals surface area contributed by atoms with Crippen LogP contribution in [-0.2, 0) is 0 Å². The number of aliphatic imine (C=N–C) groups is 1. The van der Waals surface area contributed by atoms with E-state index in [1.165, 1.54) is 0 Å². The zero-order valence-electron chi connectivity index (χ0n) is 16.3. The maximum atomic E-state index is 5.95. The van der Waals surface area contributed by atoms with Gasteiger partial charge in [0.2, 0.25) is 0 Å². The molecular formula is C20H30IN5O. The molecule has 0 radical (unpaired) electrons. The first kappa shape index (κ1) is 21.5. The Morgan fingerprint density at radius 2 is 2.15 bits per heavy atom. The Morgan fingerprint density at radius 1 is 1.37 bits per heavy atom. The van der Waals surface area contributed by atoms with E-state index in [1.807, 2.05) is 49.9 Å². The molecular weight excluding hydrogens is 453 g/mol. The van der Waals surface area contributed by atoms with Crippen LogP contribution in [0.4, 0.5) is 0 Å². The van der Waals surface area contributed by atoms with Crippen LogP contribution in [0.1, 0.15) is 26.3 Å². The van der Waals surface area contributed by atoms with Gasteiger partial charge in [-0.2, -0.15) is 0 Å². The highest BCUT2D eigenvalue weighted by atomic mass is 127. The van der Waals surface area contributed by atoms with E-state index in [2.05, 4.69) is 44.8 Å². The first-order valence-corrected chi connectivity index (χ1v) is 9.32. The highest BCUT2D eigenvalue weighted by Crippen LogP contribution is 2.27.